The summed E-state index contributed by atoms with van der Waals surface area (Å²) in [7, 11) is 1.23. The fraction of sp³-hybridized carbons (Fsp3) is 0.100. The number of para-hydroxylation sites is 1. The second-order valence-corrected chi connectivity index (χ2v) is 3.13. The van der Waals surface area contributed by atoms with Crippen molar-refractivity contribution < 1.29 is 14.5 Å². The molecule has 0 bridgehead atoms. The number of carbonyl (C=O) groups excluding carboxylic acids is 1. The molecule has 16 heavy (non-hydrogen) atoms. The van der Waals surface area contributed by atoms with Gasteiger partial charge in [-0.1, -0.05) is 12.1 Å². The normalized spacial score (nSPS) is 10.3. The van der Waals surface area contributed by atoms with Crippen LogP contribution in [-0.4, -0.2) is 22.7 Å². The number of hydrogen-bond donors (Lipinski definition) is 0. The van der Waals surface area contributed by atoms with Crippen LogP contribution in [0.1, 0.15) is 0 Å². The first-order chi connectivity index (χ1) is 7.65. The minimum Gasteiger partial charge on any atom is -0.452 e. The van der Waals surface area contributed by atoms with E-state index in [2.05, 4.69) is 4.74 Å². The largest absolute Gasteiger partial charge is 0.452 e. The molecule has 6 heteroatoms. The SMILES string of the molecule is COC(=O)n1cc([N+](=O)[O-])c2ccccc21. The lowest BCUT2D eigenvalue weighted by atomic mass is 10.2. The van der Waals surface area contributed by atoms with Crippen LogP contribution in [0.5, 0.6) is 0 Å². The van der Waals surface area contributed by atoms with Gasteiger partial charge >= 0.3 is 6.09 Å². The van der Waals surface area contributed by atoms with E-state index in [0.29, 0.717) is 10.9 Å². The molecule has 1 heterocycles. The summed E-state index contributed by atoms with van der Waals surface area (Å²) in [6, 6.07) is 6.59. The van der Waals surface area contributed by atoms with Gasteiger partial charge in [0, 0.05) is 0 Å². The molecule has 0 spiro atoms. The minimum atomic E-state index is -0.649. The summed E-state index contributed by atoms with van der Waals surface area (Å²) in [4.78, 5) is 21.6. The van der Waals surface area contributed by atoms with E-state index in [1.54, 1.807) is 24.3 Å². The molecule has 0 amide bonds. The first-order valence-corrected chi connectivity index (χ1v) is 4.48. The first-order valence-electron chi connectivity index (χ1n) is 4.48. The Hall–Kier alpha value is -2.37. The third-order valence-corrected chi connectivity index (χ3v) is 2.26. The highest BCUT2D eigenvalue weighted by Gasteiger charge is 2.20. The van der Waals surface area contributed by atoms with Crippen molar-refractivity contribution in [3.05, 3.63) is 40.6 Å². The lowest BCUT2D eigenvalue weighted by molar-refractivity contribution is -0.383. The van der Waals surface area contributed by atoms with Gasteiger partial charge in [-0.3, -0.25) is 10.1 Å². The van der Waals surface area contributed by atoms with E-state index < -0.39 is 11.0 Å². The second kappa shape index (κ2) is 3.65. The zero-order valence-electron chi connectivity index (χ0n) is 8.41. The number of fused-ring (bicyclic) bond motifs is 1. The van der Waals surface area contributed by atoms with E-state index in [0.717, 1.165) is 10.8 Å². The van der Waals surface area contributed by atoms with Crippen molar-refractivity contribution >= 4 is 22.7 Å². The van der Waals surface area contributed by atoms with Crippen molar-refractivity contribution in [2.75, 3.05) is 7.11 Å². The molecular formula is C10H8N2O4. The van der Waals surface area contributed by atoms with Gasteiger partial charge in [-0.05, 0) is 12.1 Å². The summed E-state index contributed by atoms with van der Waals surface area (Å²) in [6.07, 6.45) is 0.514. The first kappa shape index (κ1) is 10.2. The average Bonchev–Trinajstić information content (AvgIpc) is 2.67. The van der Waals surface area contributed by atoms with Gasteiger partial charge in [-0.15, -0.1) is 0 Å². The Kier molecular flexibility index (Phi) is 2.32. The summed E-state index contributed by atoms with van der Waals surface area (Å²) in [6.45, 7) is 0. The number of nitrogens with zero attached hydrogens (tertiary/aromatic N) is 2. The molecule has 1 aromatic heterocycles. The minimum absolute atomic E-state index is 0.110. The van der Waals surface area contributed by atoms with E-state index in [9.17, 15) is 14.9 Å². The van der Waals surface area contributed by atoms with Crippen molar-refractivity contribution in [2.45, 2.75) is 0 Å². The van der Waals surface area contributed by atoms with Crippen LogP contribution in [0, 0.1) is 10.1 Å². The van der Waals surface area contributed by atoms with Crippen LogP contribution in [0.15, 0.2) is 30.5 Å². The Labute approximate surface area is 90.2 Å². The molecule has 1 aromatic carbocycles. The Morgan fingerprint density at radius 3 is 2.75 bits per heavy atom. The van der Waals surface area contributed by atoms with E-state index in [1.807, 2.05) is 0 Å². The Bertz CT molecular complexity index is 573. The molecule has 0 saturated heterocycles. The zero-order valence-corrected chi connectivity index (χ0v) is 8.41. The monoisotopic (exact) mass is 220 g/mol. The van der Waals surface area contributed by atoms with Gasteiger partial charge in [0.2, 0.25) is 0 Å². The fourth-order valence-corrected chi connectivity index (χ4v) is 1.56. The standard InChI is InChI=1S/C10H8N2O4/c1-16-10(13)11-6-9(12(14)15)7-4-2-3-5-8(7)11/h2-6H,1H3. The quantitative estimate of drug-likeness (QED) is 0.545. The number of benzene rings is 1. The van der Waals surface area contributed by atoms with Crippen molar-refractivity contribution in [3.63, 3.8) is 0 Å². The molecular weight excluding hydrogens is 212 g/mol. The van der Waals surface area contributed by atoms with Crippen LogP contribution < -0.4 is 0 Å². The molecule has 2 aromatic rings. The topological polar surface area (TPSA) is 74.4 Å². The van der Waals surface area contributed by atoms with Crippen molar-refractivity contribution in [1.29, 1.82) is 0 Å². The molecule has 0 atom stereocenters. The van der Waals surface area contributed by atoms with E-state index in [4.69, 9.17) is 0 Å². The molecule has 2 rings (SSSR count). The van der Waals surface area contributed by atoms with E-state index in [1.165, 1.54) is 7.11 Å². The van der Waals surface area contributed by atoms with E-state index in [-0.39, 0.29) is 5.69 Å². The molecule has 82 valence electrons. The van der Waals surface area contributed by atoms with Crippen molar-refractivity contribution in [1.82, 2.24) is 4.57 Å². The highest BCUT2D eigenvalue weighted by atomic mass is 16.6. The van der Waals surface area contributed by atoms with Crippen LogP contribution in [0.4, 0.5) is 10.5 Å². The fourth-order valence-electron chi connectivity index (χ4n) is 1.56. The second-order valence-electron chi connectivity index (χ2n) is 3.13. The van der Waals surface area contributed by atoms with Gasteiger partial charge in [0.25, 0.3) is 5.69 Å². The Morgan fingerprint density at radius 2 is 2.12 bits per heavy atom. The number of ether oxygens (including phenoxy) is 1. The zero-order chi connectivity index (χ0) is 11.7. The number of hydrogen-bond acceptors (Lipinski definition) is 4. The predicted octanol–water partition coefficient (Wildman–Crippen LogP) is 2.16. The average molecular weight is 220 g/mol. The van der Waals surface area contributed by atoms with Crippen LogP contribution in [-0.2, 0) is 4.74 Å². The van der Waals surface area contributed by atoms with Gasteiger partial charge < -0.3 is 4.74 Å². The van der Waals surface area contributed by atoms with Crippen molar-refractivity contribution in [3.8, 4) is 0 Å². The summed E-state index contributed by atoms with van der Waals surface area (Å²) < 4.78 is 5.66. The highest BCUT2D eigenvalue weighted by molar-refractivity contribution is 5.95. The maximum Gasteiger partial charge on any atom is 0.418 e. The summed E-state index contributed by atoms with van der Waals surface area (Å²) in [5, 5.41) is 11.2. The third-order valence-electron chi connectivity index (χ3n) is 2.26. The van der Waals surface area contributed by atoms with Crippen LogP contribution >= 0.6 is 0 Å². The Morgan fingerprint density at radius 1 is 1.44 bits per heavy atom. The maximum atomic E-state index is 11.4. The number of carbonyl (C=O) groups is 1. The van der Waals surface area contributed by atoms with Gasteiger partial charge in [0.1, 0.15) is 0 Å². The van der Waals surface area contributed by atoms with Gasteiger partial charge in [-0.2, -0.15) is 0 Å². The predicted molar refractivity (Wildman–Crippen MR) is 56.4 cm³/mol. The van der Waals surface area contributed by atoms with Gasteiger partial charge in [0.05, 0.1) is 29.1 Å². The molecule has 0 N–H and O–H groups in total. The van der Waals surface area contributed by atoms with Crippen molar-refractivity contribution in [2.24, 2.45) is 0 Å². The molecule has 0 fully saturated rings. The number of aromatic nitrogens is 1. The molecule has 6 nitrogen and oxygen atoms in total. The Balaban J connectivity index is 2.76. The number of rotatable bonds is 1. The van der Waals surface area contributed by atoms with Gasteiger partial charge in [-0.25, -0.2) is 9.36 Å². The van der Waals surface area contributed by atoms with Crippen LogP contribution in [0.3, 0.4) is 0 Å². The maximum absolute atomic E-state index is 11.4. The third kappa shape index (κ3) is 1.40. The molecule has 0 aliphatic heterocycles. The van der Waals surface area contributed by atoms with Gasteiger partial charge in [0.15, 0.2) is 0 Å². The lowest BCUT2D eigenvalue weighted by Crippen LogP contribution is -2.09. The number of nitro groups is 1. The molecule has 0 unspecified atom stereocenters. The number of methoxy groups -OCH3 is 1. The smallest absolute Gasteiger partial charge is 0.418 e. The summed E-state index contributed by atoms with van der Waals surface area (Å²) >= 11 is 0. The molecule has 0 aliphatic rings. The molecule has 0 saturated carbocycles. The highest BCUT2D eigenvalue weighted by Crippen LogP contribution is 2.27. The van der Waals surface area contributed by atoms with Crippen LogP contribution in [0.25, 0.3) is 10.9 Å². The lowest BCUT2D eigenvalue weighted by Gasteiger charge is -1.99. The summed E-state index contributed by atoms with van der Waals surface area (Å²) in [5.41, 5.74) is 0.349. The molecule has 0 radical (unpaired) electrons. The van der Waals surface area contributed by atoms with Crippen LogP contribution in [0.2, 0.25) is 0 Å². The molecule has 0 aliphatic carbocycles. The van der Waals surface area contributed by atoms with E-state index >= 15 is 0 Å². The summed E-state index contributed by atoms with van der Waals surface area (Å²) in [5.74, 6) is 0.